The summed E-state index contributed by atoms with van der Waals surface area (Å²) in [6.45, 7) is 1.42. The smallest absolute Gasteiger partial charge is 0.331 e. The zero-order valence-corrected chi connectivity index (χ0v) is 16.0. The molecule has 0 saturated carbocycles. The van der Waals surface area contributed by atoms with Gasteiger partial charge in [-0.3, -0.25) is 4.79 Å². The van der Waals surface area contributed by atoms with Crippen molar-refractivity contribution < 1.29 is 23.8 Å². The third kappa shape index (κ3) is 6.04. The van der Waals surface area contributed by atoms with Crippen LogP contribution in [0.5, 0.6) is 11.5 Å². The second kappa shape index (κ2) is 9.64. The molecule has 0 radical (unpaired) electrons. The minimum atomic E-state index is -0.643. The number of nitrogens with one attached hydrogen (secondary N) is 1. The van der Waals surface area contributed by atoms with E-state index in [0.29, 0.717) is 27.8 Å². The Hall–Kier alpha value is -2.99. The predicted molar refractivity (Wildman–Crippen MR) is 104 cm³/mol. The number of carbonyl (C=O) groups excluding carboxylic acids is 2. The molecular formula is C20H20ClNO5. The van der Waals surface area contributed by atoms with E-state index in [2.05, 4.69) is 5.32 Å². The summed E-state index contributed by atoms with van der Waals surface area (Å²) in [5.41, 5.74) is 2.10. The van der Waals surface area contributed by atoms with E-state index in [1.165, 1.54) is 13.2 Å². The number of carbonyl (C=O) groups is 2. The zero-order valence-electron chi connectivity index (χ0n) is 15.2. The van der Waals surface area contributed by atoms with Crippen LogP contribution < -0.4 is 14.8 Å². The second-order valence-corrected chi connectivity index (χ2v) is 5.99. The average Bonchev–Trinajstić information content (AvgIpc) is 2.66. The van der Waals surface area contributed by atoms with Crippen LogP contribution >= 0.6 is 11.6 Å². The molecule has 0 aromatic heterocycles. The highest BCUT2D eigenvalue weighted by Crippen LogP contribution is 2.25. The van der Waals surface area contributed by atoms with Gasteiger partial charge < -0.3 is 19.5 Å². The molecule has 2 aromatic carbocycles. The zero-order chi connectivity index (χ0) is 19.8. The van der Waals surface area contributed by atoms with Gasteiger partial charge in [0.25, 0.3) is 5.91 Å². The van der Waals surface area contributed by atoms with Crippen molar-refractivity contribution in [3.63, 3.8) is 0 Å². The van der Waals surface area contributed by atoms with E-state index in [9.17, 15) is 9.59 Å². The van der Waals surface area contributed by atoms with Crippen molar-refractivity contribution in [2.45, 2.75) is 6.92 Å². The van der Waals surface area contributed by atoms with Crippen LogP contribution in [0.4, 0.5) is 5.69 Å². The summed E-state index contributed by atoms with van der Waals surface area (Å²) in [5, 5.41) is 3.24. The van der Waals surface area contributed by atoms with Crippen molar-refractivity contribution in [2.75, 3.05) is 26.1 Å². The SMILES string of the molecule is COc1ccc(/C=C/C(=O)OCC(=O)Nc2ccc(Cl)cc2C)c(OC)c1. The Balaban J connectivity index is 1.90. The maximum atomic E-state index is 11.9. The molecule has 0 saturated heterocycles. The molecule has 0 unspecified atom stereocenters. The molecule has 2 rings (SSSR count). The molecule has 27 heavy (non-hydrogen) atoms. The molecule has 7 heteroatoms. The summed E-state index contributed by atoms with van der Waals surface area (Å²) in [5.74, 6) is 0.107. The third-order valence-electron chi connectivity index (χ3n) is 3.65. The van der Waals surface area contributed by atoms with Crippen molar-refractivity contribution in [2.24, 2.45) is 0 Å². The number of amides is 1. The molecular weight excluding hydrogens is 370 g/mol. The molecule has 0 fully saturated rings. The molecule has 0 aliphatic heterocycles. The second-order valence-electron chi connectivity index (χ2n) is 5.56. The first-order valence-electron chi connectivity index (χ1n) is 8.06. The predicted octanol–water partition coefficient (Wildman–Crippen LogP) is 3.86. The first-order valence-corrected chi connectivity index (χ1v) is 8.43. The first kappa shape index (κ1) is 20.3. The summed E-state index contributed by atoms with van der Waals surface area (Å²) in [6.07, 6.45) is 2.77. The fraction of sp³-hybridized carbons (Fsp3) is 0.200. The lowest BCUT2D eigenvalue weighted by Crippen LogP contribution is -2.20. The fourth-order valence-electron chi connectivity index (χ4n) is 2.25. The van der Waals surface area contributed by atoms with Crippen molar-refractivity contribution in [1.29, 1.82) is 0 Å². The molecule has 0 spiro atoms. The molecule has 2 aromatic rings. The van der Waals surface area contributed by atoms with Crippen LogP contribution in [0.1, 0.15) is 11.1 Å². The highest BCUT2D eigenvalue weighted by Gasteiger charge is 2.08. The standard InChI is InChI=1S/C20H20ClNO5/c1-13-10-15(21)6-8-17(13)22-19(23)12-27-20(24)9-5-14-4-7-16(25-2)11-18(14)26-3/h4-11H,12H2,1-3H3,(H,22,23)/b9-5+. The number of anilines is 1. The number of halogens is 1. The van der Waals surface area contributed by atoms with Gasteiger partial charge in [-0.2, -0.15) is 0 Å². The van der Waals surface area contributed by atoms with Crippen molar-refractivity contribution in [3.8, 4) is 11.5 Å². The molecule has 0 aliphatic rings. The maximum Gasteiger partial charge on any atom is 0.331 e. The molecule has 0 aliphatic carbocycles. The molecule has 6 nitrogen and oxygen atoms in total. The van der Waals surface area contributed by atoms with Crippen LogP contribution in [0.2, 0.25) is 5.02 Å². The van der Waals surface area contributed by atoms with Gasteiger partial charge in [0.2, 0.25) is 0 Å². The maximum absolute atomic E-state index is 11.9. The molecule has 1 N–H and O–H groups in total. The van der Waals surface area contributed by atoms with Crippen LogP contribution in [-0.2, 0) is 14.3 Å². The van der Waals surface area contributed by atoms with E-state index < -0.39 is 18.5 Å². The molecule has 0 bridgehead atoms. The molecule has 0 atom stereocenters. The molecule has 0 heterocycles. The van der Waals surface area contributed by atoms with E-state index in [1.807, 2.05) is 6.92 Å². The monoisotopic (exact) mass is 389 g/mol. The summed E-state index contributed by atoms with van der Waals surface area (Å²) in [4.78, 5) is 23.8. The third-order valence-corrected chi connectivity index (χ3v) is 3.88. The normalized spacial score (nSPS) is 10.5. The van der Waals surface area contributed by atoms with Crippen LogP contribution in [0, 0.1) is 6.92 Å². The largest absolute Gasteiger partial charge is 0.497 e. The highest BCUT2D eigenvalue weighted by atomic mass is 35.5. The lowest BCUT2D eigenvalue weighted by molar-refractivity contribution is -0.142. The fourth-order valence-corrected chi connectivity index (χ4v) is 2.48. The van der Waals surface area contributed by atoms with Crippen LogP contribution in [-0.4, -0.2) is 32.7 Å². The Morgan fingerprint density at radius 3 is 2.56 bits per heavy atom. The topological polar surface area (TPSA) is 73.9 Å². The number of benzene rings is 2. The van der Waals surface area contributed by atoms with Crippen molar-refractivity contribution in [3.05, 3.63) is 58.6 Å². The number of aryl methyl sites for hydroxylation is 1. The van der Waals surface area contributed by atoms with Gasteiger partial charge in [0.1, 0.15) is 11.5 Å². The van der Waals surface area contributed by atoms with Gasteiger partial charge in [-0.05, 0) is 48.9 Å². The lowest BCUT2D eigenvalue weighted by Gasteiger charge is -2.09. The highest BCUT2D eigenvalue weighted by molar-refractivity contribution is 6.30. The summed E-state index contributed by atoms with van der Waals surface area (Å²) < 4.78 is 15.3. The van der Waals surface area contributed by atoms with E-state index in [0.717, 1.165) is 5.56 Å². The Bertz CT molecular complexity index is 863. The number of methoxy groups -OCH3 is 2. The summed E-state index contributed by atoms with van der Waals surface area (Å²) in [7, 11) is 3.08. The van der Waals surface area contributed by atoms with Crippen LogP contribution in [0.15, 0.2) is 42.5 Å². The van der Waals surface area contributed by atoms with Gasteiger partial charge in [-0.25, -0.2) is 4.79 Å². The van der Waals surface area contributed by atoms with Crippen molar-refractivity contribution in [1.82, 2.24) is 0 Å². The van der Waals surface area contributed by atoms with E-state index in [1.54, 1.807) is 49.6 Å². The van der Waals surface area contributed by atoms with E-state index in [4.69, 9.17) is 25.8 Å². The summed E-state index contributed by atoms with van der Waals surface area (Å²) >= 11 is 5.87. The van der Waals surface area contributed by atoms with Crippen LogP contribution in [0.25, 0.3) is 6.08 Å². The molecule has 142 valence electrons. The van der Waals surface area contributed by atoms with E-state index in [-0.39, 0.29) is 0 Å². The van der Waals surface area contributed by atoms with Crippen molar-refractivity contribution >= 4 is 35.2 Å². The lowest BCUT2D eigenvalue weighted by atomic mass is 10.2. The number of hydrogen-bond acceptors (Lipinski definition) is 5. The summed E-state index contributed by atoms with van der Waals surface area (Å²) in [6, 6.07) is 10.3. The van der Waals surface area contributed by atoms with Gasteiger partial charge in [0, 0.05) is 28.4 Å². The van der Waals surface area contributed by atoms with Crippen LogP contribution in [0.3, 0.4) is 0 Å². The number of rotatable bonds is 7. The number of hydrogen-bond donors (Lipinski definition) is 1. The molecule has 1 amide bonds. The Morgan fingerprint density at radius 2 is 1.89 bits per heavy atom. The van der Waals surface area contributed by atoms with Gasteiger partial charge in [0.15, 0.2) is 6.61 Å². The number of esters is 1. The first-order chi connectivity index (χ1) is 12.9. The Morgan fingerprint density at radius 1 is 1.11 bits per heavy atom. The van der Waals surface area contributed by atoms with Gasteiger partial charge in [-0.1, -0.05) is 11.6 Å². The van der Waals surface area contributed by atoms with Gasteiger partial charge in [0.05, 0.1) is 14.2 Å². The minimum Gasteiger partial charge on any atom is -0.497 e. The average molecular weight is 390 g/mol. The van der Waals surface area contributed by atoms with Gasteiger partial charge >= 0.3 is 5.97 Å². The minimum absolute atomic E-state index is 0.398. The Labute approximate surface area is 162 Å². The van der Waals surface area contributed by atoms with E-state index >= 15 is 0 Å². The van der Waals surface area contributed by atoms with Gasteiger partial charge in [-0.15, -0.1) is 0 Å². The number of ether oxygens (including phenoxy) is 3. The quantitative estimate of drug-likeness (QED) is 0.575. The Kier molecular flexibility index (Phi) is 7.25.